The summed E-state index contributed by atoms with van der Waals surface area (Å²) in [4.78, 5) is 14.4. The molecule has 2 rings (SSSR count). The van der Waals surface area contributed by atoms with E-state index in [4.69, 9.17) is 0 Å². The molecule has 0 aliphatic heterocycles. The van der Waals surface area contributed by atoms with Crippen LogP contribution in [-0.2, 0) is 18.4 Å². The molecular weight excluding hydrogens is 284 g/mol. The van der Waals surface area contributed by atoms with Crippen molar-refractivity contribution in [3.05, 3.63) is 42.2 Å². The molecule has 0 aliphatic carbocycles. The van der Waals surface area contributed by atoms with Gasteiger partial charge in [0, 0.05) is 20.1 Å². The van der Waals surface area contributed by atoms with E-state index in [0.29, 0.717) is 13.1 Å². The number of aryl methyl sites for hydroxylation is 1. The summed E-state index contributed by atoms with van der Waals surface area (Å²) in [6, 6.07) is 10.0. The summed E-state index contributed by atoms with van der Waals surface area (Å²) in [5, 5.41) is 8.42. The van der Waals surface area contributed by atoms with Crippen LogP contribution in [-0.4, -0.2) is 37.4 Å². The molecule has 0 bridgehead atoms. The first kappa shape index (κ1) is 15.6. The summed E-state index contributed by atoms with van der Waals surface area (Å²) in [7, 11) is 1.88. The number of hydrogen-bond acceptors (Lipinski definition) is 4. The highest BCUT2D eigenvalue weighted by molar-refractivity contribution is 8.00. The minimum Gasteiger partial charge on any atom is -0.338 e. The van der Waals surface area contributed by atoms with Gasteiger partial charge in [0.05, 0.1) is 5.25 Å². The van der Waals surface area contributed by atoms with Gasteiger partial charge >= 0.3 is 0 Å². The lowest BCUT2D eigenvalue weighted by Gasteiger charge is -2.24. The Kier molecular flexibility index (Phi) is 5.38. The summed E-state index contributed by atoms with van der Waals surface area (Å²) in [5.41, 5.74) is 1.14. The molecule has 5 nitrogen and oxygen atoms in total. The Hall–Kier alpha value is -1.82. The molecule has 21 heavy (non-hydrogen) atoms. The van der Waals surface area contributed by atoms with E-state index in [2.05, 4.69) is 10.2 Å². The SMILES string of the molecule is CCN(Cc1ccccc1)C(=O)C(C)Sc1nncn1C. The van der Waals surface area contributed by atoms with Crippen molar-refractivity contribution in [2.45, 2.75) is 30.8 Å². The van der Waals surface area contributed by atoms with Crippen LogP contribution in [0.4, 0.5) is 0 Å². The molecule has 0 radical (unpaired) electrons. The number of rotatable bonds is 6. The molecule has 1 atom stereocenters. The average Bonchev–Trinajstić information content (AvgIpc) is 2.90. The van der Waals surface area contributed by atoms with E-state index in [9.17, 15) is 4.79 Å². The first-order chi connectivity index (χ1) is 10.1. The lowest BCUT2D eigenvalue weighted by atomic mass is 10.2. The van der Waals surface area contributed by atoms with Crippen LogP contribution in [0.2, 0.25) is 0 Å². The van der Waals surface area contributed by atoms with Crippen LogP contribution in [0.1, 0.15) is 19.4 Å². The molecule has 1 heterocycles. The van der Waals surface area contributed by atoms with Crippen molar-refractivity contribution in [3.63, 3.8) is 0 Å². The second kappa shape index (κ2) is 7.26. The number of benzene rings is 1. The molecule has 2 aromatic rings. The van der Waals surface area contributed by atoms with Crippen molar-refractivity contribution in [1.29, 1.82) is 0 Å². The van der Waals surface area contributed by atoms with Crippen LogP contribution in [0.15, 0.2) is 41.8 Å². The lowest BCUT2D eigenvalue weighted by Crippen LogP contribution is -2.36. The fraction of sp³-hybridized carbons (Fsp3) is 0.400. The third-order valence-corrected chi connectivity index (χ3v) is 4.35. The van der Waals surface area contributed by atoms with Gasteiger partial charge in [0.15, 0.2) is 5.16 Å². The number of amides is 1. The minimum absolute atomic E-state index is 0.120. The third kappa shape index (κ3) is 4.07. The maximum absolute atomic E-state index is 12.6. The van der Waals surface area contributed by atoms with Crippen LogP contribution < -0.4 is 0 Å². The smallest absolute Gasteiger partial charge is 0.236 e. The van der Waals surface area contributed by atoms with E-state index in [0.717, 1.165) is 10.7 Å². The van der Waals surface area contributed by atoms with Crippen molar-refractivity contribution in [2.75, 3.05) is 6.54 Å². The lowest BCUT2D eigenvalue weighted by molar-refractivity contribution is -0.130. The van der Waals surface area contributed by atoms with E-state index < -0.39 is 0 Å². The van der Waals surface area contributed by atoms with Crippen molar-refractivity contribution < 1.29 is 4.79 Å². The van der Waals surface area contributed by atoms with Gasteiger partial charge in [-0.15, -0.1) is 10.2 Å². The molecular formula is C15H20N4OS. The summed E-state index contributed by atoms with van der Waals surface area (Å²) < 4.78 is 1.82. The second-order valence-electron chi connectivity index (χ2n) is 4.82. The first-order valence-corrected chi connectivity index (χ1v) is 7.83. The normalized spacial score (nSPS) is 12.1. The van der Waals surface area contributed by atoms with Gasteiger partial charge in [0.1, 0.15) is 6.33 Å². The van der Waals surface area contributed by atoms with Gasteiger partial charge < -0.3 is 9.47 Å². The van der Waals surface area contributed by atoms with Crippen molar-refractivity contribution in [2.24, 2.45) is 7.05 Å². The second-order valence-corrected chi connectivity index (χ2v) is 6.13. The maximum atomic E-state index is 12.6. The number of carbonyl (C=O) groups is 1. The number of hydrogen-bond donors (Lipinski definition) is 0. The quantitative estimate of drug-likeness (QED) is 0.769. The molecule has 112 valence electrons. The molecule has 0 fully saturated rings. The van der Waals surface area contributed by atoms with E-state index in [-0.39, 0.29) is 11.2 Å². The zero-order chi connectivity index (χ0) is 15.2. The third-order valence-electron chi connectivity index (χ3n) is 3.21. The highest BCUT2D eigenvalue weighted by atomic mass is 32.2. The summed E-state index contributed by atoms with van der Waals surface area (Å²) in [6.07, 6.45) is 1.64. The zero-order valence-electron chi connectivity index (χ0n) is 12.6. The predicted molar refractivity (Wildman–Crippen MR) is 83.9 cm³/mol. The molecule has 1 unspecified atom stereocenters. The fourth-order valence-corrected chi connectivity index (χ4v) is 2.87. The van der Waals surface area contributed by atoms with E-state index >= 15 is 0 Å². The topological polar surface area (TPSA) is 51.0 Å². The summed E-state index contributed by atoms with van der Waals surface area (Å²) in [6.45, 7) is 5.24. The molecule has 1 amide bonds. The maximum Gasteiger partial charge on any atom is 0.236 e. The molecule has 0 spiro atoms. The first-order valence-electron chi connectivity index (χ1n) is 6.95. The Morgan fingerprint density at radius 3 is 2.67 bits per heavy atom. The number of thioether (sulfide) groups is 1. The van der Waals surface area contributed by atoms with E-state index in [1.165, 1.54) is 11.8 Å². The van der Waals surface area contributed by atoms with Gasteiger partial charge in [0.25, 0.3) is 0 Å². The fourth-order valence-electron chi connectivity index (χ4n) is 1.99. The Morgan fingerprint density at radius 1 is 1.38 bits per heavy atom. The largest absolute Gasteiger partial charge is 0.338 e. The average molecular weight is 304 g/mol. The Labute approximate surface area is 129 Å². The Balaban J connectivity index is 2.00. The van der Waals surface area contributed by atoms with E-state index in [1.807, 2.05) is 60.7 Å². The van der Waals surface area contributed by atoms with E-state index in [1.54, 1.807) is 6.33 Å². The number of carbonyl (C=O) groups excluding carboxylic acids is 1. The minimum atomic E-state index is -0.184. The van der Waals surface area contributed by atoms with Crippen LogP contribution in [0.25, 0.3) is 0 Å². The zero-order valence-corrected chi connectivity index (χ0v) is 13.4. The van der Waals surface area contributed by atoms with Gasteiger partial charge in [0.2, 0.25) is 5.91 Å². The molecule has 0 saturated heterocycles. The van der Waals surface area contributed by atoms with Gasteiger partial charge in [-0.05, 0) is 19.4 Å². The standard InChI is InChI=1S/C15H20N4OS/c1-4-19(10-13-8-6-5-7-9-13)14(20)12(2)21-15-17-16-11-18(15)3/h5-9,11-12H,4,10H2,1-3H3. The number of aromatic nitrogens is 3. The highest BCUT2D eigenvalue weighted by Crippen LogP contribution is 2.22. The molecule has 6 heteroatoms. The van der Waals surface area contributed by atoms with Gasteiger partial charge in [-0.2, -0.15) is 0 Å². The van der Waals surface area contributed by atoms with Crippen LogP contribution >= 0.6 is 11.8 Å². The summed E-state index contributed by atoms with van der Waals surface area (Å²) in [5.74, 6) is 0.120. The summed E-state index contributed by atoms with van der Waals surface area (Å²) >= 11 is 1.44. The van der Waals surface area contributed by atoms with Crippen molar-refractivity contribution >= 4 is 17.7 Å². The van der Waals surface area contributed by atoms with Crippen molar-refractivity contribution in [1.82, 2.24) is 19.7 Å². The van der Waals surface area contributed by atoms with Gasteiger partial charge in [-0.3, -0.25) is 4.79 Å². The van der Waals surface area contributed by atoms with Crippen LogP contribution in [0.5, 0.6) is 0 Å². The Morgan fingerprint density at radius 2 is 2.10 bits per heavy atom. The number of nitrogens with zero attached hydrogens (tertiary/aromatic N) is 4. The molecule has 0 saturated carbocycles. The van der Waals surface area contributed by atoms with Crippen LogP contribution in [0.3, 0.4) is 0 Å². The molecule has 1 aromatic heterocycles. The molecule has 1 aromatic carbocycles. The van der Waals surface area contributed by atoms with Gasteiger partial charge in [-0.1, -0.05) is 42.1 Å². The highest BCUT2D eigenvalue weighted by Gasteiger charge is 2.22. The van der Waals surface area contributed by atoms with Crippen molar-refractivity contribution in [3.8, 4) is 0 Å². The predicted octanol–water partition coefficient (Wildman–Crippen LogP) is 2.34. The monoisotopic (exact) mass is 304 g/mol. The molecule has 0 N–H and O–H groups in total. The molecule has 0 aliphatic rings. The Bertz CT molecular complexity index is 584. The van der Waals surface area contributed by atoms with Gasteiger partial charge in [-0.25, -0.2) is 0 Å². The van der Waals surface area contributed by atoms with Crippen LogP contribution in [0, 0.1) is 0 Å².